The van der Waals surface area contributed by atoms with Crippen molar-refractivity contribution in [2.24, 2.45) is 0 Å². The van der Waals surface area contributed by atoms with Gasteiger partial charge in [-0.2, -0.15) is 0 Å². The van der Waals surface area contributed by atoms with E-state index < -0.39 is 9.84 Å². The molecular weight excluding hydrogens is 198 g/mol. The van der Waals surface area contributed by atoms with Crippen molar-refractivity contribution in [1.82, 2.24) is 0 Å². The van der Waals surface area contributed by atoms with Crippen molar-refractivity contribution in [2.75, 3.05) is 5.73 Å². The van der Waals surface area contributed by atoms with Crippen LogP contribution in [0.2, 0.25) is 0 Å². The third-order valence-corrected chi connectivity index (χ3v) is 4.43. The lowest BCUT2D eigenvalue weighted by molar-refractivity contribution is 0.599. The maximum atomic E-state index is 11.9. The second kappa shape index (κ2) is 2.09. The van der Waals surface area contributed by atoms with Gasteiger partial charge < -0.3 is 5.73 Å². The summed E-state index contributed by atoms with van der Waals surface area (Å²) in [7, 11) is -3.28. The Morgan fingerprint density at radius 3 is 2.50 bits per heavy atom. The zero-order chi connectivity index (χ0) is 9.92. The molecule has 3 rings (SSSR count). The van der Waals surface area contributed by atoms with Crippen molar-refractivity contribution >= 4 is 26.3 Å². The summed E-state index contributed by atoms with van der Waals surface area (Å²) in [6.07, 6.45) is 0. The zero-order valence-electron chi connectivity index (χ0n) is 7.19. The van der Waals surface area contributed by atoms with Crippen molar-refractivity contribution < 1.29 is 8.42 Å². The Bertz CT molecular complexity index is 659. The predicted octanol–water partition coefficient (Wildman–Crippen LogP) is 1.57. The van der Waals surface area contributed by atoms with Gasteiger partial charge in [0.25, 0.3) is 0 Å². The van der Waals surface area contributed by atoms with Gasteiger partial charge in [-0.05, 0) is 18.2 Å². The molecule has 0 aromatic heterocycles. The van der Waals surface area contributed by atoms with Gasteiger partial charge in [0.05, 0.1) is 9.79 Å². The van der Waals surface area contributed by atoms with Gasteiger partial charge >= 0.3 is 0 Å². The monoisotopic (exact) mass is 205 g/mol. The van der Waals surface area contributed by atoms with Gasteiger partial charge in [0.1, 0.15) is 0 Å². The molecule has 70 valence electrons. The Labute approximate surface area is 81.1 Å². The molecule has 2 aromatic carbocycles. The summed E-state index contributed by atoms with van der Waals surface area (Å²) < 4.78 is 23.8. The van der Waals surface area contributed by atoms with Crippen LogP contribution in [0.5, 0.6) is 0 Å². The van der Waals surface area contributed by atoms with Crippen LogP contribution in [0.15, 0.2) is 40.1 Å². The van der Waals surface area contributed by atoms with E-state index in [0.29, 0.717) is 20.9 Å². The van der Waals surface area contributed by atoms with E-state index in [9.17, 15) is 8.42 Å². The number of benzene rings is 2. The molecule has 2 aromatic rings. The largest absolute Gasteiger partial charge is 0.398 e. The Balaban J connectivity index is 2.78. The van der Waals surface area contributed by atoms with E-state index >= 15 is 0 Å². The van der Waals surface area contributed by atoms with Crippen LogP contribution in [-0.4, -0.2) is 8.42 Å². The molecule has 1 heterocycles. The van der Waals surface area contributed by atoms with Crippen LogP contribution in [0.25, 0.3) is 10.8 Å². The highest BCUT2D eigenvalue weighted by Crippen LogP contribution is 2.42. The molecule has 1 aliphatic rings. The number of hydrogen-bond donors (Lipinski definition) is 1. The first-order chi connectivity index (χ1) is 6.62. The fraction of sp³-hybridized carbons (Fsp3) is 0. The second-order valence-corrected chi connectivity index (χ2v) is 5.22. The van der Waals surface area contributed by atoms with Crippen LogP contribution in [0.4, 0.5) is 5.69 Å². The third-order valence-electron chi connectivity index (χ3n) is 2.57. The van der Waals surface area contributed by atoms with Gasteiger partial charge in [-0.25, -0.2) is 8.42 Å². The van der Waals surface area contributed by atoms with E-state index in [0.717, 1.165) is 5.39 Å². The summed E-state index contributed by atoms with van der Waals surface area (Å²) >= 11 is 0. The molecule has 0 spiro atoms. The van der Waals surface area contributed by atoms with Gasteiger partial charge in [0.2, 0.25) is 9.84 Å². The standard InChI is InChI=1S/C10H7NO2S/c11-7-4-5-8-6-2-1-3-9(10(6)7)14(8,12)13/h1-5H,11H2. The van der Waals surface area contributed by atoms with Crippen molar-refractivity contribution in [3.8, 4) is 0 Å². The van der Waals surface area contributed by atoms with Crippen LogP contribution in [0.3, 0.4) is 0 Å². The van der Waals surface area contributed by atoms with Crippen LogP contribution in [0, 0.1) is 0 Å². The first-order valence-electron chi connectivity index (χ1n) is 4.18. The summed E-state index contributed by atoms with van der Waals surface area (Å²) in [5, 5.41) is 1.41. The average Bonchev–Trinajstić information content (AvgIpc) is 2.24. The van der Waals surface area contributed by atoms with E-state index in [1.165, 1.54) is 0 Å². The summed E-state index contributed by atoms with van der Waals surface area (Å²) in [6.45, 7) is 0. The number of hydrogen-bond acceptors (Lipinski definition) is 3. The summed E-state index contributed by atoms with van der Waals surface area (Å²) in [4.78, 5) is 0.717. The third kappa shape index (κ3) is 0.665. The van der Waals surface area contributed by atoms with Gasteiger partial charge in [0, 0.05) is 16.5 Å². The van der Waals surface area contributed by atoms with Crippen molar-refractivity contribution in [2.45, 2.75) is 9.79 Å². The summed E-state index contributed by atoms with van der Waals surface area (Å²) in [6, 6.07) is 8.34. The molecular formula is C10H7NO2S. The molecule has 0 amide bonds. The average molecular weight is 205 g/mol. The highest BCUT2D eigenvalue weighted by molar-refractivity contribution is 7.92. The van der Waals surface area contributed by atoms with E-state index in [1.807, 2.05) is 0 Å². The van der Waals surface area contributed by atoms with Gasteiger partial charge in [-0.3, -0.25) is 0 Å². The lowest BCUT2D eigenvalue weighted by Crippen LogP contribution is -1.94. The fourth-order valence-corrected chi connectivity index (χ4v) is 3.65. The minimum absolute atomic E-state index is 0.340. The molecule has 0 fully saturated rings. The smallest absolute Gasteiger partial charge is 0.207 e. The SMILES string of the molecule is Nc1ccc2c3cccc(c13)S2(=O)=O. The number of rotatable bonds is 0. The maximum Gasteiger partial charge on any atom is 0.207 e. The van der Waals surface area contributed by atoms with Crippen LogP contribution in [0.1, 0.15) is 0 Å². The molecule has 4 bridgehead atoms. The van der Waals surface area contributed by atoms with E-state index in [4.69, 9.17) is 5.73 Å². The minimum Gasteiger partial charge on any atom is -0.398 e. The molecule has 0 radical (unpaired) electrons. The van der Waals surface area contributed by atoms with E-state index in [1.54, 1.807) is 30.3 Å². The lowest BCUT2D eigenvalue weighted by Gasteiger charge is -1.96. The molecule has 0 unspecified atom stereocenters. The van der Waals surface area contributed by atoms with Crippen molar-refractivity contribution in [3.05, 3.63) is 30.3 Å². The molecule has 3 nitrogen and oxygen atoms in total. The Hall–Kier alpha value is -1.55. The molecule has 0 atom stereocenters. The molecule has 0 saturated carbocycles. The topological polar surface area (TPSA) is 60.2 Å². The highest BCUT2D eigenvalue weighted by atomic mass is 32.2. The number of sulfone groups is 1. The first-order valence-corrected chi connectivity index (χ1v) is 5.67. The van der Waals surface area contributed by atoms with Gasteiger partial charge in [-0.1, -0.05) is 12.1 Å². The molecule has 2 N–H and O–H groups in total. The lowest BCUT2D eigenvalue weighted by atomic mass is 10.1. The van der Waals surface area contributed by atoms with E-state index in [2.05, 4.69) is 0 Å². The summed E-state index contributed by atoms with van der Waals surface area (Å²) in [5.74, 6) is 0. The predicted molar refractivity (Wildman–Crippen MR) is 53.8 cm³/mol. The highest BCUT2D eigenvalue weighted by Gasteiger charge is 2.30. The minimum atomic E-state index is -3.28. The van der Waals surface area contributed by atoms with Crippen LogP contribution < -0.4 is 5.73 Å². The normalized spacial score (nSPS) is 16.6. The Kier molecular flexibility index (Phi) is 1.17. The number of anilines is 1. The van der Waals surface area contributed by atoms with Gasteiger partial charge in [-0.15, -0.1) is 0 Å². The number of nitrogen functional groups attached to an aromatic ring is 1. The van der Waals surface area contributed by atoms with Crippen molar-refractivity contribution in [3.63, 3.8) is 0 Å². The Morgan fingerprint density at radius 2 is 1.79 bits per heavy atom. The zero-order valence-corrected chi connectivity index (χ0v) is 8.01. The van der Waals surface area contributed by atoms with Crippen LogP contribution in [-0.2, 0) is 9.84 Å². The molecule has 0 aliphatic carbocycles. The van der Waals surface area contributed by atoms with Crippen LogP contribution >= 0.6 is 0 Å². The number of nitrogens with two attached hydrogens (primary N) is 1. The first kappa shape index (κ1) is 7.82. The second-order valence-electron chi connectivity index (χ2n) is 3.34. The Morgan fingerprint density at radius 1 is 1.00 bits per heavy atom. The fourth-order valence-electron chi connectivity index (χ4n) is 1.95. The van der Waals surface area contributed by atoms with E-state index in [-0.39, 0.29) is 0 Å². The molecule has 1 aliphatic heterocycles. The van der Waals surface area contributed by atoms with Gasteiger partial charge in [0.15, 0.2) is 0 Å². The molecule has 0 saturated heterocycles. The molecule has 4 heteroatoms. The quantitative estimate of drug-likeness (QED) is 0.567. The van der Waals surface area contributed by atoms with Crippen molar-refractivity contribution in [1.29, 1.82) is 0 Å². The maximum absolute atomic E-state index is 11.9. The molecule has 14 heavy (non-hydrogen) atoms. The summed E-state index contributed by atoms with van der Waals surface area (Å²) in [5.41, 5.74) is 6.28.